The smallest absolute Gasteiger partial charge is 0.247 e. The summed E-state index contributed by atoms with van der Waals surface area (Å²) in [5.41, 5.74) is 3.66. The highest BCUT2D eigenvalue weighted by molar-refractivity contribution is 7.99. The van der Waals surface area contributed by atoms with E-state index >= 15 is 0 Å². The summed E-state index contributed by atoms with van der Waals surface area (Å²) in [6, 6.07) is 11.4. The van der Waals surface area contributed by atoms with Gasteiger partial charge < -0.3 is 14.2 Å². The molecule has 184 valence electrons. The van der Waals surface area contributed by atoms with E-state index in [1.54, 1.807) is 31.3 Å². The molecule has 1 atom stereocenters. The quantitative estimate of drug-likeness (QED) is 0.409. The van der Waals surface area contributed by atoms with E-state index in [-0.39, 0.29) is 5.91 Å². The molecule has 0 aliphatic carbocycles. The molecule has 1 aliphatic rings. The van der Waals surface area contributed by atoms with E-state index < -0.39 is 6.23 Å². The van der Waals surface area contributed by atoms with Gasteiger partial charge >= 0.3 is 0 Å². The number of hydrogen-bond acceptors (Lipinski definition) is 8. The molecule has 4 rings (SSSR count). The summed E-state index contributed by atoms with van der Waals surface area (Å²) in [4.78, 5) is 19.4. The maximum atomic E-state index is 13.1. The molecular weight excluding hydrogens is 464 g/mol. The van der Waals surface area contributed by atoms with Gasteiger partial charge in [-0.2, -0.15) is 4.98 Å². The van der Waals surface area contributed by atoms with Gasteiger partial charge in [0.1, 0.15) is 11.5 Å². The van der Waals surface area contributed by atoms with Gasteiger partial charge in [-0.05, 0) is 48.2 Å². The molecule has 1 amide bonds. The number of anilines is 1. The highest BCUT2D eigenvalue weighted by Gasteiger charge is 2.36. The van der Waals surface area contributed by atoms with Gasteiger partial charge in [0.25, 0.3) is 0 Å². The largest absolute Gasteiger partial charge is 0.497 e. The molecule has 2 aromatic carbocycles. The number of aromatic nitrogens is 3. The topological polar surface area (TPSA) is 86.7 Å². The van der Waals surface area contributed by atoms with E-state index in [2.05, 4.69) is 31.0 Å². The average Bonchev–Trinajstić information content (AvgIpc) is 3.00. The number of fused-ring (bicyclic) bond motifs is 3. The summed E-state index contributed by atoms with van der Waals surface area (Å²) >= 11 is 1.53. The zero-order valence-corrected chi connectivity index (χ0v) is 21.7. The number of nitrogens with zero attached hydrogens (tertiary/aromatic N) is 4. The number of methoxy groups -OCH3 is 2. The third kappa shape index (κ3) is 5.05. The molecular formula is C26H30N4O4S. The third-order valence-corrected chi connectivity index (χ3v) is 6.93. The zero-order chi connectivity index (χ0) is 25.1. The third-order valence-electron chi connectivity index (χ3n) is 5.66. The maximum Gasteiger partial charge on any atom is 0.247 e. The van der Waals surface area contributed by atoms with Crippen molar-refractivity contribution in [3.63, 3.8) is 0 Å². The minimum atomic E-state index is -0.857. The second kappa shape index (κ2) is 10.5. The van der Waals surface area contributed by atoms with Crippen LogP contribution in [0.3, 0.4) is 0 Å². The maximum absolute atomic E-state index is 13.1. The Morgan fingerprint density at radius 3 is 2.60 bits per heavy atom. The highest BCUT2D eigenvalue weighted by Crippen LogP contribution is 2.46. The van der Waals surface area contributed by atoms with Crippen molar-refractivity contribution >= 4 is 23.4 Å². The molecule has 0 N–H and O–H groups in total. The van der Waals surface area contributed by atoms with E-state index in [4.69, 9.17) is 19.2 Å². The van der Waals surface area contributed by atoms with Crippen molar-refractivity contribution in [3.8, 4) is 28.6 Å². The first-order valence-electron chi connectivity index (χ1n) is 11.5. The van der Waals surface area contributed by atoms with E-state index in [0.717, 1.165) is 23.3 Å². The van der Waals surface area contributed by atoms with Crippen LogP contribution in [0.5, 0.6) is 17.4 Å². The summed E-state index contributed by atoms with van der Waals surface area (Å²) < 4.78 is 17.6. The fraction of sp³-hybridized carbons (Fsp3) is 0.385. The van der Waals surface area contributed by atoms with Crippen molar-refractivity contribution in [2.45, 2.75) is 45.5 Å². The monoisotopic (exact) mass is 494 g/mol. The number of amides is 1. The Bertz CT molecular complexity index is 1230. The number of aryl methyl sites for hydroxylation is 1. The second-order valence-electron chi connectivity index (χ2n) is 8.63. The van der Waals surface area contributed by atoms with Crippen LogP contribution < -0.4 is 19.1 Å². The van der Waals surface area contributed by atoms with Gasteiger partial charge in [0.05, 0.1) is 25.5 Å². The molecule has 1 unspecified atom stereocenters. The van der Waals surface area contributed by atoms with Crippen LogP contribution in [0.4, 0.5) is 5.69 Å². The molecule has 35 heavy (non-hydrogen) atoms. The van der Waals surface area contributed by atoms with Crippen LogP contribution in [0.1, 0.15) is 45.0 Å². The van der Waals surface area contributed by atoms with Crippen LogP contribution in [0.15, 0.2) is 41.6 Å². The minimum Gasteiger partial charge on any atom is -0.497 e. The van der Waals surface area contributed by atoms with Crippen molar-refractivity contribution in [1.82, 2.24) is 15.2 Å². The summed E-state index contributed by atoms with van der Waals surface area (Å²) in [7, 11) is 3.18. The lowest BCUT2D eigenvalue weighted by Crippen LogP contribution is -2.36. The normalized spacial score (nSPS) is 14.6. The molecule has 0 bridgehead atoms. The van der Waals surface area contributed by atoms with Crippen molar-refractivity contribution in [1.29, 1.82) is 0 Å². The first kappa shape index (κ1) is 24.8. The first-order chi connectivity index (χ1) is 16.9. The van der Waals surface area contributed by atoms with Gasteiger partial charge in [0.15, 0.2) is 5.69 Å². The van der Waals surface area contributed by atoms with Crippen LogP contribution >= 0.6 is 11.8 Å². The number of hydrogen-bond donors (Lipinski definition) is 0. The van der Waals surface area contributed by atoms with E-state index in [9.17, 15) is 4.79 Å². The number of carbonyl (C=O) groups excluding carboxylic acids is 1. The lowest BCUT2D eigenvalue weighted by molar-refractivity contribution is -0.118. The number of benzene rings is 2. The van der Waals surface area contributed by atoms with Crippen molar-refractivity contribution in [2.24, 2.45) is 5.92 Å². The number of carbonyl (C=O) groups is 1. The molecule has 0 spiro atoms. The molecule has 2 heterocycles. The van der Waals surface area contributed by atoms with Crippen molar-refractivity contribution in [2.75, 3.05) is 24.9 Å². The summed E-state index contributed by atoms with van der Waals surface area (Å²) in [5.74, 6) is 2.63. The standard InChI is InChI=1S/C26H30N4O4S/c1-7-17-8-10-21-19(12-17)23-24(27-26(29-28-23)35-14-15(2)3)34-25(30(21)16(4)31)20-13-18(32-5)9-11-22(20)33-6/h8-13,15,25H,7,14H2,1-6H3. The zero-order valence-electron chi connectivity index (χ0n) is 20.9. The van der Waals surface area contributed by atoms with Crippen LogP contribution in [-0.4, -0.2) is 41.1 Å². The molecule has 1 aromatic heterocycles. The van der Waals surface area contributed by atoms with E-state index in [1.807, 2.05) is 24.3 Å². The Hall–Kier alpha value is -3.33. The number of rotatable bonds is 7. The second-order valence-corrected chi connectivity index (χ2v) is 9.61. The average molecular weight is 495 g/mol. The number of ether oxygens (including phenoxy) is 3. The van der Waals surface area contributed by atoms with Gasteiger partial charge in [-0.3, -0.25) is 9.69 Å². The Kier molecular flexibility index (Phi) is 7.45. The molecule has 3 aromatic rings. The minimum absolute atomic E-state index is 0.194. The molecule has 8 nitrogen and oxygen atoms in total. The van der Waals surface area contributed by atoms with Gasteiger partial charge in [-0.1, -0.05) is 38.6 Å². The lowest BCUT2D eigenvalue weighted by Gasteiger charge is -2.31. The molecule has 0 saturated carbocycles. The Morgan fingerprint density at radius 1 is 1.14 bits per heavy atom. The summed E-state index contributed by atoms with van der Waals surface area (Å²) in [5, 5.41) is 9.41. The van der Waals surface area contributed by atoms with Gasteiger partial charge in [0.2, 0.25) is 23.2 Å². The molecule has 9 heteroatoms. The molecule has 0 saturated heterocycles. The van der Waals surface area contributed by atoms with E-state index in [1.165, 1.54) is 18.7 Å². The van der Waals surface area contributed by atoms with Crippen LogP contribution in [0, 0.1) is 5.92 Å². The van der Waals surface area contributed by atoms with Crippen LogP contribution in [0.2, 0.25) is 0 Å². The predicted octanol–water partition coefficient (Wildman–Crippen LogP) is 5.31. The first-order valence-corrected chi connectivity index (χ1v) is 12.5. The van der Waals surface area contributed by atoms with Gasteiger partial charge in [0, 0.05) is 18.2 Å². The summed E-state index contributed by atoms with van der Waals surface area (Å²) in [6.07, 6.45) is -0.0236. The fourth-order valence-electron chi connectivity index (χ4n) is 3.91. The predicted molar refractivity (Wildman–Crippen MR) is 136 cm³/mol. The van der Waals surface area contributed by atoms with Crippen LogP contribution in [0.25, 0.3) is 11.3 Å². The van der Waals surface area contributed by atoms with Gasteiger partial charge in [-0.25, -0.2) is 0 Å². The fourth-order valence-corrected chi connectivity index (χ4v) is 4.64. The molecule has 1 aliphatic heterocycles. The summed E-state index contributed by atoms with van der Waals surface area (Å²) in [6.45, 7) is 7.87. The van der Waals surface area contributed by atoms with Gasteiger partial charge in [-0.15, -0.1) is 10.2 Å². The Labute approximate surface area is 210 Å². The molecule has 0 radical (unpaired) electrons. The Morgan fingerprint density at radius 2 is 1.94 bits per heavy atom. The van der Waals surface area contributed by atoms with Crippen molar-refractivity contribution < 1.29 is 19.0 Å². The van der Waals surface area contributed by atoms with E-state index in [0.29, 0.717) is 45.4 Å². The SMILES string of the molecule is CCc1ccc2c(c1)-c1nnc(SCC(C)C)nc1OC(c1cc(OC)ccc1OC)N2C(C)=O. The van der Waals surface area contributed by atoms with Crippen LogP contribution in [-0.2, 0) is 11.2 Å². The number of thioether (sulfide) groups is 1. The lowest BCUT2D eigenvalue weighted by atomic mass is 10.0. The van der Waals surface area contributed by atoms with Crippen molar-refractivity contribution in [3.05, 3.63) is 47.5 Å². The molecule has 0 fully saturated rings. The highest BCUT2D eigenvalue weighted by atomic mass is 32.2. The Balaban J connectivity index is 1.95.